The molecule has 0 saturated heterocycles. The van der Waals surface area contributed by atoms with Crippen LogP contribution in [0.5, 0.6) is 5.75 Å². The smallest absolute Gasteiger partial charge is 0.303 e. The first-order chi connectivity index (χ1) is 12.1. The molecular weight excluding hydrogens is 340 g/mol. The van der Waals surface area contributed by atoms with Crippen LogP contribution in [0.1, 0.15) is 35.7 Å². The van der Waals surface area contributed by atoms with Crippen molar-refractivity contribution in [2.24, 2.45) is 5.10 Å². The quantitative estimate of drug-likeness (QED) is 0.859. The molecule has 130 valence electrons. The van der Waals surface area contributed by atoms with Gasteiger partial charge < -0.3 is 9.84 Å². The van der Waals surface area contributed by atoms with E-state index in [1.165, 1.54) is 5.01 Å². The fraction of sp³-hybridized carbons (Fsp3) is 0.278. The van der Waals surface area contributed by atoms with E-state index in [-0.39, 0.29) is 24.8 Å². The molecule has 7 heteroatoms. The van der Waals surface area contributed by atoms with Gasteiger partial charge in [-0.1, -0.05) is 18.2 Å². The Kier molecular flexibility index (Phi) is 5.14. The number of benzene rings is 1. The van der Waals surface area contributed by atoms with Crippen molar-refractivity contribution < 1.29 is 19.4 Å². The molecule has 1 atom stereocenters. The summed E-state index contributed by atoms with van der Waals surface area (Å²) >= 11 is 1.57. The van der Waals surface area contributed by atoms with Crippen LogP contribution in [0.4, 0.5) is 0 Å². The number of amides is 1. The second kappa shape index (κ2) is 7.48. The molecule has 1 aromatic heterocycles. The van der Waals surface area contributed by atoms with E-state index in [0.717, 1.165) is 16.2 Å². The number of aliphatic carboxylic acids is 1. The van der Waals surface area contributed by atoms with Crippen molar-refractivity contribution in [3.05, 3.63) is 52.2 Å². The van der Waals surface area contributed by atoms with Gasteiger partial charge in [0.05, 0.1) is 30.2 Å². The Bertz CT molecular complexity index is 801. The average Bonchev–Trinajstić information content (AvgIpc) is 3.28. The summed E-state index contributed by atoms with van der Waals surface area (Å²) in [5.74, 6) is -0.574. The molecule has 3 rings (SSSR count). The lowest BCUT2D eigenvalue weighted by Crippen LogP contribution is -2.27. The molecule has 0 fully saturated rings. The Morgan fingerprint density at radius 2 is 2.16 bits per heavy atom. The van der Waals surface area contributed by atoms with Gasteiger partial charge in [0.2, 0.25) is 5.91 Å². The van der Waals surface area contributed by atoms with Crippen molar-refractivity contribution in [3.63, 3.8) is 0 Å². The fourth-order valence-electron chi connectivity index (χ4n) is 2.77. The maximum Gasteiger partial charge on any atom is 0.303 e. The predicted molar refractivity (Wildman–Crippen MR) is 94.9 cm³/mol. The number of hydrogen-bond donors (Lipinski definition) is 1. The lowest BCUT2D eigenvalue weighted by molar-refractivity contribution is -0.141. The highest BCUT2D eigenvalue weighted by atomic mass is 32.1. The van der Waals surface area contributed by atoms with Crippen molar-refractivity contribution in [2.75, 3.05) is 7.11 Å². The van der Waals surface area contributed by atoms with Crippen LogP contribution in [-0.4, -0.2) is 34.8 Å². The van der Waals surface area contributed by atoms with Crippen LogP contribution < -0.4 is 4.74 Å². The third-order valence-corrected chi connectivity index (χ3v) is 4.92. The lowest BCUT2D eigenvalue weighted by atomic mass is 10.0. The first-order valence-electron chi connectivity index (χ1n) is 7.87. The summed E-state index contributed by atoms with van der Waals surface area (Å²) in [7, 11) is 1.59. The minimum atomic E-state index is -0.993. The van der Waals surface area contributed by atoms with Gasteiger partial charge in [0.1, 0.15) is 5.75 Å². The summed E-state index contributed by atoms with van der Waals surface area (Å²) in [6.45, 7) is 0. The summed E-state index contributed by atoms with van der Waals surface area (Å²) in [6.07, 6.45) is 0.313. The summed E-state index contributed by atoms with van der Waals surface area (Å²) in [6, 6.07) is 11.2. The van der Waals surface area contributed by atoms with Gasteiger partial charge in [-0.05, 0) is 29.1 Å². The highest BCUT2D eigenvalue weighted by Crippen LogP contribution is 2.35. The van der Waals surface area contributed by atoms with E-state index in [1.807, 2.05) is 41.8 Å². The highest BCUT2D eigenvalue weighted by Gasteiger charge is 2.33. The van der Waals surface area contributed by atoms with Gasteiger partial charge in [-0.25, -0.2) is 5.01 Å². The Balaban J connectivity index is 1.89. The number of carbonyl (C=O) groups is 2. The average molecular weight is 358 g/mol. The van der Waals surface area contributed by atoms with E-state index >= 15 is 0 Å². The van der Waals surface area contributed by atoms with E-state index in [4.69, 9.17) is 9.84 Å². The van der Waals surface area contributed by atoms with E-state index in [9.17, 15) is 9.59 Å². The van der Waals surface area contributed by atoms with Crippen molar-refractivity contribution in [2.45, 2.75) is 25.3 Å². The maximum absolute atomic E-state index is 12.5. The number of methoxy groups -OCH3 is 1. The Labute approximate surface area is 149 Å². The number of thiophene rings is 1. The minimum Gasteiger partial charge on any atom is -0.497 e. The van der Waals surface area contributed by atoms with Crippen LogP contribution in [0.25, 0.3) is 0 Å². The van der Waals surface area contributed by atoms with Crippen LogP contribution in [0.2, 0.25) is 0 Å². The zero-order chi connectivity index (χ0) is 17.8. The van der Waals surface area contributed by atoms with Crippen LogP contribution >= 0.6 is 11.3 Å². The van der Waals surface area contributed by atoms with Crippen LogP contribution in [0.15, 0.2) is 46.9 Å². The molecule has 1 N–H and O–H groups in total. The molecule has 0 aliphatic carbocycles. The molecule has 6 nitrogen and oxygen atoms in total. The van der Waals surface area contributed by atoms with E-state index in [2.05, 4.69) is 5.10 Å². The predicted octanol–water partition coefficient (Wildman–Crippen LogP) is 3.30. The van der Waals surface area contributed by atoms with Gasteiger partial charge in [0.15, 0.2) is 0 Å². The Morgan fingerprint density at radius 3 is 2.84 bits per heavy atom. The van der Waals surface area contributed by atoms with Crippen LogP contribution in [-0.2, 0) is 9.59 Å². The molecule has 0 saturated carbocycles. The second-order valence-corrected chi connectivity index (χ2v) is 6.60. The standard InChI is InChI=1S/C18H18N2O4S/c1-24-13-5-2-4-12(10-13)15-11-14(16-6-3-9-25-16)19-20(15)17(21)7-8-18(22)23/h2-6,9-10,15H,7-8,11H2,1H3,(H,22,23)/t15-/m0/s1. The van der Waals surface area contributed by atoms with Gasteiger partial charge >= 0.3 is 5.97 Å². The summed E-state index contributed by atoms with van der Waals surface area (Å²) < 4.78 is 5.27. The molecule has 0 bridgehead atoms. The minimum absolute atomic E-state index is 0.0724. The number of carbonyl (C=O) groups excluding carboxylic acids is 1. The third kappa shape index (κ3) is 3.88. The molecule has 1 aromatic carbocycles. The van der Waals surface area contributed by atoms with E-state index < -0.39 is 5.97 Å². The maximum atomic E-state index is 12.5. The lowest BCUT2D eigenvalue weighted by Gasteiger charge is -2.22. The molecular formula is C18H18N2O4S. The summed E-state index contributed by atoms with van der Waals surface area (Å²) in [4.78, 5) is 24.3. The van der Waals surface area contributed by atoms with Crippen LogP contribution in [0.3, 0.4) is 0 Å². The zero-order valence-electron chi connectivity index (χ0n) is 13.7. The molecule has 0 spiro atoms. The van der Waals surface area contributed by atoms with Crippen molar-refractivity contribution in [1.82, 2.24) is 5.01 Å². The Morgan fingerprint density at radius 1 is 1.32 bits per heavy atom. The van der Waals surface area contributed by atoms with Gasteiger partial charge in [-0.2, -0.15) is 5.10 Å². The number of carboxylic acids is 1. The molecule has 1 aliphatic rings. The number of hydrazone groups is 1. The summed E-state index contributed by atoms with van der Waals surface area (Å²) in [5, 5.41) is 16.7. The molecule has 25 heavy (non-hydrogen) atoms. The Hall–Kier alpha value is -2.67. The SMILES string of the molecule is COc1cccc([C@@H]2CC(c3cccs3)=NN2C(=O)CCC(=O)O)c1. The highest BCUT2D eigenvalue weighted by molar-refractivity contribution is 7.12. The number of carboxylic acid groups (broad SMARTS) is 1. The van der Waals surface area contributed by atoms with Crippen LogP contribution in [0, 0.1) is 0 Å². The van der Waals surface area contributed by atoms with Crippen molar-refractivity contribution in [3.8, 4) is 5.75 Å². The molecule has 2 heterocycles. The van der Waals surface area contributed by atoms with E-state index in [0.29, 0.717) is 12.2 Å². The first-order valence-corrected chi connectivity index (χ1v) is 8.75. The molecule has 2 aromatic rings. The zero-order valence-corrected chi connectivity index (χ0v) is 14.5. The molecule has 0 unspecified atom stereocenters. The number of ether oxygens (including phenoxy) is 1. The third-order valence-electron chi connectivity index (χ3n) is 4.00. The van der Waals surface area contributed by atoms with Crippen molar-refractivity contribution >= 4 is 28.9 Å². The van der Waals surface area contributed by atoms with Gasteiger partial charge in [-0.3, -0.25) is 9.59 Å². The molecule has 1 aliphatic heterocycles. The summed E-state index contributed by atoms with van der Waals surface area (Å²) in [5.41, 5.74) is 1.75. The van der Waals surface area contributed by atoms with Gasteiger partial charge in [-0.15, -0.1) is 11.3 Å². The van der Waals surface area contributed by atoms with E-state index in [1.54, 1.807) is 18.4 Å². The fourth-order valence-corrected chi connectivity index (χ4v) is 3.49. The van der Waals surface area contributed by atoms with Crippen molar-refractivity contribution in [1.29, 1.82) is 0 Å². The number of rotatable bonds is 6. The second-order valence-electron chi connectivity index (χ2n) is 5.65. The van der Waals surface area contributed by atoms with Gasteiger partial charge in [0, 0.05) is 12.8 Å². The number of hydrogen-bond acceptors (Lipinski definition) is 5. The molecule has 0 radical (unpaired) electrons. The molecule has 1 amide bonds. The largest absolute Gasteiger partial charge is 0.497 e. The monoisotopic (exact) mass is 358 g/mol. The normalized spacial score (nSPS) is 16.6. The first kappa shape index (κ1) is 17.2. The number of nitrogens with zero attached hydrogens (tertiary/aromatic N) is 2. The topological polar surface area (TPSA) is 79.2 Å². The van der Waals surface area contributed by atoms with Gasteiger partial charge in [0.25, 0.3) is 0 Å².